The minimum Gasteiger partial charge on any atom is -0.382 e. The number of rotatable bonds is 2. The van der Waals surface area contributed by atoms with Crippen molar-refractivity contribution in [3.8, 4) is 6.07 Å². The highest BCUT2D eigenvalue weighted by Crippen LogP contribution is 2.32. The van der Waals surface area contributed by atoms with Crippen molar-refractivity contribution in [2.24, 2.45) is 5.92 Å². The monoisotopic (exact) mass is 186 g/mol. The van der Waals surface area contributed by atoms with E-state index >= 15 is 0 Å². The van der Waals surface area contributed by atoms with Crippen LogP contribution in [0.4, 0.5) is 5.69 Å². The number of anilines is 1. The lowest BCUT2D eigenvalue weighted by atomic mass is 10.1. The maximum atomic E-state index is 8.78. The third kappa shape index (κ3) is 1.72. The zero-order valence-electron chi connectivity index (χ0n) is 8.54. The van der Waals surface area contributed by atoms with Crippen molar-refractivity contribution < 1.29 is 0 Å². The predicted octanol–water partition coefficient (Wildman–Crippen LogP) is 2.69. The van der Waals surface area contributed by atoms with Gasteiger partial charge < -0.3 is 5.32 Å². The van der Waals surface area contributed by atoms with Gasteiger partial charge in [-0.05, 0) is 43.0 Å². The first-order valence-corrected chi connectivity index (χ1v) is 4.98. The van der Waals surface area contributed by atoms with E-state index in [1.165, 1.54) is 6.42 Å². The Morgan fingerprint density at radius 2 is 2.21 bits per heavy atom. The maximum absolute atomic E-state index is 8.78. The van der Waals surface area contributed by atoms with Gasteiger partial charge in [0.15, 0.2) is 0 Å². The molecule has 0 saturated heterocycles. The fourth-order valence-corrected chi connectivity index (χ4v) is 1.62. The van der Waals surface area contributed by atoms with Crippen LogP contribution < -0.4 is 5.32 Å². The predicted molar refractivity (Wildman–Crippen MR) is 57.1 cm³/mol. The molecule has 0 amide bonds. The van der Waals surface area contributed by atoms with Crippen LogP contribution in [-0.2, 0) is 0 Å². The van der Waals surface area contributed by atoms with E-state index in [2.05, 4.69) is 18.3 Å². The molecule has 0 bridgehead atoms. The molecule has 2 heteroatoms. The van der Waals surface area contributed by atoms with Gasteiger partial charge in [-0.25, -0.2) is 0 Å². The Bertz CT molecular complexity index is 390. The molecule has 0 aliphatic heterocycles. The Hall–Kier alpha value is -1.49. The molecule has 2 nitrogen and oxygen atoms in total. The molecule has 2 unspecified atom stereocenters. The van der Waals surface area contributed by atoms with Gasteiger partial charge in [-0.3, -0.25) is 0 Å². The molecule has 0 heterocycles. The summed E-state index contributed by atoms with van der Waals surface area (Å²) in [5.74, 6) is 0.797. The Balaban J connectivity index is 2.13. The van der Waals surface area contributed by atoms with Gasteiger partial charge >= 0.3 is 0 Å². The molecule has 1 N–H and O–H groups in total. The number of hydrogen-bond donors (Lipinski definition) is 1. The van der Waals surface area contributed by atoms with Gasteiger partial charge in [0.2, 0.25) is 0 Å². The van der Waals surface area contributed by atoms with E-state index in [1.54, 1.807) is 0 Å². The number of nitrogens with one attached hydrogen (secondary N) is 1. The molecule has 0 spiro atoms. The normalized spacial score (nSPS) is 24.1. The van der Waals surface area contributed by atoms with E-state index < -0.39 is 0 Å². The molecule has 1 aromatic rings. The second kappa shape index (κ2) is 3.34. The van der Waals surface area contributed by atoms with Crippen molar-refractivity contribution in [3.05, 3.63) is 29.3 Å². The Kier molecular flexibility index (Phi) is 2.17. The topological polar surface area (TPSA) is 35.8 Å². The molecule has 1 saturated carbocycles. The van der Waals surface area contributed by atoms with Crippen molar-refractivity contribution >= 4 is 5.69 Å². The zero-order chi connectivity index (χ0) is 10.1. The summed E-state index contributed by atoms with van der Waals surface area (Å²) in [4.78, 5) is 0. The summed E-state index contributed by atoms with van der Waals surface area (Å²) in [6, 6.07) is 8.72. The smallest absolute Gasteiger partial charge is 0.0994 e. The van der Waals surface area contributed by atoms with Crippen LogP contribution in [0.15, 0.2) is 18.2 Å². The van der Waals surface area contributed by atoms with Crippen LogP contribution in [-0.4, -0.2) is 6.04 Å². The van der Waals surface area contributed by atoms with Gasteiger partial charge in [0, 0.05) is 11.7 Å². The lowest BCUT2D eigenvalue weighted by Crippen LogP contribution is -2.03. The summed E-state index contributed by atoms with van der Waals surface area (Å²) in [6.45, 7) is 4.22. The fraction of sp³-hybridized carbons (Fsp3) is 0.417. The first kappa shape index (κ1) is 9.08. The van der Waals surface area contributed by atoms with Crippen LogP contribution >= 0.6 is 0 Å². The summed E-state index contributed by atoms with van der Waals surface area (Å²) < 4.78 is 0. The second-order valence-electron chi connectivity index (χ2n) is 4.11. The molecule has 1 aromatic carbocycles. The number of nitriles is 1. The van der Waals surface area contributed by atoms with E-state index in [4.69, 9.17) is 5.26 Å². The number of aryl methyl sites for hydroxylation is 1. The van der Waals surface area contributed by atoms with Crippen molar-refractivity contribution in [2.45, 2.75) is 26.3 Å². The summed E-state index contributed by atoms with van der Waals surface area (Å²) in [5.41, 5.74) is 2.95. The average molecular weight is 186 g/mol. The van der Waals surface area contributed by atoms with Gasteiger partial charge in [0.05, 0.1) is 11.6 Å². The zero-order valence-corrected chi connectivity index (χ0v) is 8.54. The number of nitrogens with zero attached hydrogens (tertiary/aromatic N) is 1. The van der Waals surface area contributed by atoms with Crippen LogP contribution in [0.3, 0.4) is 0 Å². The quantitative estimate of drug-likeness (QED) is 0.770. The Morgan fingerprint density at radius 3 is 2.71 bits per heavy atom. The minimum absolute atomic E-state index is 0.641. The summed E-state index contributed by atoms with van der Waals surface area (Å²) in [6.07, 6.45) is 1.26. The van der Waals surface area contributed by atoms with E-state index in [9.17, 15) is 0 Å². The third-order valence-electron chi connectivity index (χ3n) is 2.81. The SMILES string of the molecule is Cc1cc(NC2CC2C)ccc1C#N. The standard InChI is InChI=1S/C12H14N2/c1-8-5-11(4-3-10(8)7-13)14-12-6-9(12)2/h3-5,9,12,14H,6H2,1-2H3. The highest BCUT2D eigenvalue weighted by atomic mass is 15.0. The molecule has 1 fully saturated rings. The van der Waals surface area contributed by atoms with Gasteiger partial charge in [0.25, 0.3) is 0 Å². The van der Waals surface area contributed by atoms with Gasteiger partial charge in [0.1, 0.15) is 0 Å². The summed E-state index contributed by atoms with van der Waals surface area (Å²) in [5, 5.41) is 12.2. The largest absolute Gasteiger partial charge is 0.382 e. The molecule has 0 radical (unpaired) electrons. The first-order valence-electron chi connectivity index (χ1n) is 4.98. The maximum Gasteiger partial charge on any atom is 0.0994 e. The first-order chi connectivity index (χ1) is 6.70. The highest BCUT2D eigenvalue weighted by molar-refractivity contribution is 5.52. The Labute approximate surface area is 84.6 Å². The number of benzene rings is 1. The van der Waals surface area contributed by atoms with E-state index in [-0.39, 0.29) is 0 Å². The lowest BCUT2D eigenvalue weighted by Gasteiger charge is -2.06. The molecule has 2 atom stereocenters. The summed E-state index contributed by atoms with van der Waals surface area (Å²) >= 11 is 0. The molecule has 72 valence electrons. The molecular weight excluding hydrogens is 172 g/mol. The Morgan fingerprint density at radius 1 is 1.50 bits per heavy atom. The molecule has 1 aliphatic rings. The van der Waals surface area contributed by atoms with Crippen molar-refractivity contribution in [1.82, 2.24) is 0 Å². The number of hydrogen-bond acceptors (Lipinski definition) is 2. The van der Waals surface area contributed by atoms with E-state index in [0.717, 1.165) is 22.7 Å². The second-order valence-corrected chi connectivity index (χ2v) is 4.11. The van der Waals surface area contributed by atoms with Crippen molar-refractivity contribution in [1.29, 1.82) is 5.26 Å². The van der Waals surface area contributed by atoms with Crippen LogP contribution in [0.2, 0.25) is 0 Å². The van der Waals surface area contributed by atoms with Crippen LogP contribution in [0.25, 0.3) is 0 Å². The highest BCUT2D eigenvalue weighted by Gasteiger charge is 2.32. The van der Waals surface area contributed by atoms with Crippen LogP contribution in [0.5, 0.6) is 0 Å². The van der Waals surface area contributed by atoms with Gasteiger partial charge in [-0.2, -0.15) is 5.26 Å². The van der Waals surface area contributed by atoms with Gasteiger partial charge in [-0.15, -0.1) is 0 Å². The lowest BCUT2D eigenvalue weighted by molar-refractivity contribution is 0.929. The molecule has 14 heavy (non-hydrogen) atoms. The minimum atomic E-state index is 0.641. The molecule has 2 rings (SSSR count). The van der Waals surface area contributed by atoms with Crippen LogP contribution in [0.1, 0.15) is 24.5 Å². The van der Waals surface area contributed by atoms with Crippen molar-refractivity contribution in [2.75, 3.05) is 5.32 Å². The van der Waals surface area contributed by atoms with E-state index in [0.29, 0.717) is 6.04 Å². The molecule has 0 aromatic heterocycles. The molecular formula is C12H14N2. The van der Waals surface area contributed by atoms with Crippen LogP contribution in [0, 0.1) is 24.2 Å². The molecule has 1 aliphatic carbocycles. The fourth-order valence-electron chi connectivity index (χ4n) is 1.62. The third-order valence-corrected chi connectivity index (χ3v) is 2.81. The van der Waals surface area contributed by atoms with E-state index in [1.807, 2.05) is 25.1 Å². The summed E-state index contributed by atoms with van der Waals surface area (Å²) in [7, 11) is 0. The van der Waals surface area contributed by atoms with Gasteiger partial charge in [-0.1, -0.05) is 6.92 Å². The average Bonchev–Trinajstić information content (AvgIpc) is 2.82. The van der Waals surface area contributed by atoms with Crippen molar-refractivity contribution in [3.63, 3.8) is 0 Å².